The van der Waals surface area contributed by atoms with Crippen molar-refractivity contribution in [2.45, 2.75) is 0 Å². The van der Waals surface area contributed by atoms with Crippen LogP contribution in [0.5, 0.6) is 0 Å². The molecule has 0 radical (unpaired) electrons. The van der Waals surface area contributed by atoms with E-state index in [-0.39, 0.29) is 53.5 Å². The molecule has 7 heteroatoms. The van der Waals surface area contributed by atoms with Gasteiger partial charge in [0.25, 0.3) is 0 Å². The Balaban J connectivity index is -0.0000000800. The van der Waals surface area contributed by atoms with Gasteiger partial charge in [0.1, 0.15) is 0 Å². The average molecular weight is 422 g/mol. The molecule has 0 saturated heterocycles. The van der Waals surface area contributed by atoms with Gasteiger partial charge in [-0.2, -0.15) is 0 Å². The van der Waals surface area contributed by atoms with Gasteiger partial charge in [-0.3, -0.25) is 0 Å². The number of rotatable bonds is 0. The molecule has 0 aromatic heterocycles. The van der Waals surface area contributed by atoms with Crippen LogP contribution in [0.4, 0.5) is 0 Å². The second kappa shape index (κ2) is 6.04. The Kier molecular flexibility index (Phi) is 13.8. The third-order valence-electron chi connectivity index (χ3n) is 0. The predicted molar refractivity (Wildman–Crippen MR) is 24.2 cm³/mol. The average Bonchev–Trinajstić information content (AvgIpc) is 0.722. The molecule has 3 N–H and O–H groups in total. The molecular formula is H6BiCdO4P. The minimum Gasteiger partial charge on any atom is 0 e. The molecule has 0 aliphatic carbocycles. The first-order chi connectivity index (χ1) is 2.00. The summed E-state index contributed by atoms with van der Waals surface area (Å²) in [4.78, 5) is 21.6. The molecule has 0 aromatic rings. The minimum absolute atomic E-state index is 0. The number of hydrogen-bond acceptors (Lipinski definition) is 1. The first-order valence-electron chi connectivity index (χ1n) is 0.783. The molecule has 0 fully saturated rings. The smallest absolute Gasteiger partial charge is 0 e. The van der Waals surface area contributed by atoms with Gasteiger partial charge < -0.3 is 14.7 Å². The third kappa shape index (κ3) is 75.5. The molecular weight excluding hydrogens is 416 g/mol. The monoisotopic (exact) mass is 424 g/mol. The molecule has 4 nitrogen and oxygen atoms in total. The fourth-order valence-electron chi connectivity index (χ4n) is 0. The molecule has 0 atom stereocenters. The van der Waals surface area contributed by atoms with E-state index in [2.05, 4.69) is 0 Å². The molecule has 0 aliphatic heterocycles. The third-order valence-corrected chi connectivity index (χ3v) is 0. The SMILES string of the molecule is O=P(O)(O)O.[BiH3].[Cd]. The van der Waals surface area contributed by atoms with Crippen molar-refractivity contribution in [2.75, 3.05) is 0 Å². The van der Waals surface area contributed by atoms with Gasteiger partial charge in [-0.15, -0.1) is 0 Å². The maximum atomic E-state index is 8.88. The van der Waals surface area contributed by atoms with Crippen LogP contribution >= 0.6 is 7.82 Å². The Morgan fingerprint density at radius 2 is 1.14 bits per heavy atom. The second-order valence-electron chi connectivity index (χ2n) is 0.513. The molecule has 0 spiro atoms. The molecule has 0 heterocycles. The van der Waals surface area contributed by atoms with Crippen molar-refractivity contribution < 1.29 is 46.5 Å². The Bertz CT molecular complexity index is 57.8. The molecule has 42 valence electrons. The van der Waals surface area contributed by atoms with E-state index in [0.717, 1.165) is 0 Å². The summed E-state index contributed by atoms with van der Waals surface area (Å²) in [6.45, 7) is 0. The maximum Gasteiger partial charge on any atom is 0 e. The van der Waals surface area contributed by atoms with Crippen LogP contribution in [-0.4, -0.2) is 40.9 Å². The van der Waals surface area contributed by atoms with Gasteiger partial charge in [-0.05, 0) is 0 Å². The maximum absolute atomic E-state index is 8.88. The topological polar surface area (TPSA) is 77.8 Å². The van der Waals surface area contributed by atoms with Gasteiger partial charge in [-0.1, -0.05) is 0 Å². The van der Waals surface area contributed by atoms with Crippen LogP contribution in [0, 0.1) is 0 Å². The van der Waals surface area contributed by atoms with Gasteiger partial charge in [0.05, 0.1) is 0 Å². The van der Waals surface area contributed by atoms with Gasteiger partial charge in [0, 0.05) is 27.3 Å². The van der Waals surface area contributed by atoms with E-state index in [1.807, 2.05) is 0 Å². The molecule has 0 aliphatic rings. The fourth-order valence-corrected chi connectivity index (χ4v) is 0. The van der Waals surface area contributed by atoms with E-state index in [1.54, 1.807) is 0 Å². The summed E-state index contributed by atoms with van der Waals surface area (Å²) in [5, 5.41) is 0. The zero-order valence-electron chi connectivity index (χ0n) is 3.61. The van der Waals surface area contributed by atoms with Gasteiger partial charge in [-0.25, -0.2) is 4.57 Å². The van der Waals surface area contributed by atoms with Crippen molar-refractivity contribution >= 4 is 34.0 Å². The Labute approximate surface area is 79.8 Å². The van der Waals surface area contributed by atoms with Crippen molar-refractivity contribution in [3.63, 3.8) is 0 Å². The molecule has 0 saturated carbocycles. The van der Waals surface area contributed by atoms with Crippen LogP contribution in [0.1, 0.15) is 0 Å². The van der Waals surface area contributed by atoms with Crippen molar-refractivity contribution in [2.24, 2.45) is 0 Å². The first kappa shape index (κ1) is 16.0. The fraction of sp³-hybridized carbons (Fsp3) is 0. The van der Waals surface area contributed by atoms with Gasteiger partial charge >= 0.3 is 34.0 Å². The van der Waals surface area contributed by atoms with Crippen LogP contribution in [0.25, 0.3) is 0 Å². The summed E-state index contributed by atoms with van der Waals surface area (Å²) in [5.74, 6) is 0. The van der Waals surface area contributed by atoms with Crippen molar-refractivity contribution in [3.8, 4) is 0 Å². The summed E-state index contributed by atoms with van der Waals surface area (Å²) in [7, 11) is -4.64. The Hall–Kier alpha value is 1.92. The zero-order valence-corrected chi connectivity index (χ0v) is 14.0. The zero-order chi connectivity index (χ0) is 4.50. The summed E-state index contributed by atoms with van der Waals surface area (Å²) >= 11 is 0. The van der Waals surface area contributed by atoms with Crippen LogP contribution in [-0.2, 0) is 31.9 Å². The van der Waals surface area contributed by atoms with E-state index in [4.69, 9.17) is 19.2 Å². The van der Waals surface area contributed by atoms with Crippen LogP contribution < -0.4 is 0 Å². The summed E-state index contributed by atoms with van der Waals surface area (Å²) in [6, 6.07) is 0. The molecule has 0 rings (SSSR count). The summed E-state index contributed by atoms with van der Waals surface area (Å²) < 4.78 is 8.88. The number of hydrogen-bond donors (Lipinski definition) is 3. The largest absolute Gasteiger partial charge is 0 e. The second-order valence-corrected chi connectivity index (χ2v) is 1.54. The van der Waals surface area contributed by atoms with Gasteiger partial charge in [0.2, 0.25) is 0 Å². The van der Waals surface area contributed by atoms with Crippen LogP contribution in [0.2, 0.25) is 0 Å². The standard InChI is InChI=1S/Bi.Cd.H3O4P.3H/c;;1-5(2,3)4;;;/h;;(H3,1,2,3,4);;;. The minimum atomic E-state index is -4.64. The Morgan fingerprint density at radius 3 is 1.14 bits per heavy atom. The number of phosphoric acid groups is 1. The van der Waals surface area contributed by atoms with Gasteiger partial charge in [0.15, 0.2) is 0 Å². The van der Waals surface area contributed by atoms with Crippen LogP contribution in [0.15, 0.2) is 0 Å². The normalized spacial score (nSPS) is 8.43. The molecule has 0 unspecified atom stereocenters. The molecule has 7 heavy (non-hydrogen) atoms. The first-order valence-corrected chi connectivity index (χ1v) is 2.35. The quantitative estimate of drug-likeness (QED) is 0.308. The van der Waals surface area contributed by atoms with E-state index in [9.17, 15) is 0 Å². The van der Waals surface area contributed by atoms with E-state index < -0.39 is 7.82 Å². The summed E-state index contributed by atoms with van der Waals surface area (Å²) in [5.41, 5.74) is 0. The summed E-state index contributed by atoms with van der Waals surface area (Å²) in [6.07, 6.45) is 0. The molecule has 0 amide bonds. The van der Waals surface area contributed by atoms with E-state index >= 15 is 0 Å². The molecule has 0 aromatic carbocycles. The van der Waals surface area contributed by atoms with Crippen LogP contribution in [0.3, 0.4) is 0 Å². The molecule has 0 bridgehead atoms. The van der Waals surface area contributed by atoms with E-state index in [1.165, 1.54) is 0 Å². The predicted octanol–water partition coefficient (Wildman–Crippen LogP) is -2.12. The van der Waals surface area contributed by atoms with Crippen molar-refractivity contribution in [1.29, 1.82) is 0 Å². The van der Waals surface area contributed by atoms with Crippen molar-refractivity contribution in [3.05, 3.63) is 0 Å². The Morgan fingerprint density at radius 1 is 1.14 bits per heavy atom. The van der Waals surface area contributed by atoms with E-state index in [0.29, 0.717) is 0 Å². The van der Waals surface area contributed by atoms with Crippen molar-refractivity contribution in [1.82, 2.24) is 0 Å².